The van der Waals surface area contributed by atoms with Crippen LogP contribution < -0.4 is 0 Å². The molecule has 0 spiro atoms. The Bertz CT molecular complexity index is 498. The van der Waals surface area contributed by atoms with Gasteiger partial charge in [0, 0.05) is 13.1 Å². The Balaban J connectivity index is 2.80. The third-order valence-corrected chi connectivity index (χ3v) is 3.31. The van der Waals surface area contributed by atoms with Gasteiger partial charge in [-0.2, -0.15) is 13.2 Å². The zero-order valence-corrected chi connectivity index (χ0v) is 11.7. The molecule has 1 rings (SSSR count). The van der Waals surface area contributed by atoms with Crippen molar-refractivity contribution < 1.29 is 23.1 Å². The van der Waals surface area contributed by atoms with E-state index in [1.165, 1.54) is 6.92 Å². The summed E-state index contributed by atoms with van der Waals surface area (Å²) in [5, 5.41) is 9.79. The van der Waals surface area contributed by atoms with Crippen molar-refractivity contribution in [1.29, 1.82) is 0 Å². The van der Waals surface area contributed by atoms with Gasteiger partial charge in [-0.15, -0.1) is 0 Å². The SMILES string of the molecule is CCN(CCc1ccc(C)c(O)c1C)C(=O)C(F)(F)F. The number of nitrogens with zero attached hydrogens (tertiary/aromatic N) is 1. The van der Waals surface area contributed by atoms with Crippen molar-refractivity contribution in [2.75, 3.05) is 13.1 Å². The van der Waals surface area contributed by atoms with Crippen LogP contribution in [0, 0.1) is 13.8 Å². The molecule has 0 aliphatic carbocycles. The van der Waals surface area contributed by atoms with Crippen molar-refractivity contribution in [2.45, 2.75) is 33.4 Å². The lowest BCUT2D eigenvalue weighted by molar-refractivity contribution is -0.185. The molecular formula is C14H18F3NO2. The molecule has 0 aliphatic rings. The van der Waals surface area contributed by atoms with Gasteiger partial charge in [0.1, 0.15) is 5.75 Å². The Hall–Kier alpha value is -1.72. The van der Waals surface area contributed by atoms with E-state index in [0.717, 1.165) is 10.5 Å². The molecule has 1 N–H and O–H groups in total. The van der Waals surface area contributed by atoms with Gasteiger partial charge in [-0.05, 0) is 43.9 Å². The molecule has 0 unspecified atom stereocenters. The number of halogens is 3. The number of hydrogen-bond donors (Lipinski definition) is 1. The molecule has 112 valence electrons. The van der Waals surface area contributed by atoms with Crippen molar-refractivity contribution in [1.82, 2.24) is 4.90 Å². The molecule has 0 aliphatic heterocycles. The quantitative estimate of drug-likeness (QED) is 0.925. The summed E-state index contributed by atoms with van der Waals surface area (Å²) in [6, 6.07) is 3.47. The van der Waals surface area contributed by atoms with E-state index in [0.29, 0.717) is 11.1 Å². The van der Waals surface area contributed by atoms with Crippen molar-refractivity contribution in [2.24, 2.45) is 0 Å². The maximum atomic E-state index is 12.4. The average molecular weight is 289 g/mol. The summed E-state index contributed by atoms with van der Waals surface area (Å²) in [6.45, 7) is 4.92. The third kappa shape index (κ3) is 3.65. The van der Waals surface area contributed by atoms with E-state index in [4.69, 9.17) is 0 Å². The molecule has 1 aromatic carbocycles. The van der Waals surface area contributed by atoms with E-state index in [1.54, 1.807) is 26.0 Å². The lowest BCUT2D eigenvalue weighted by atomic mass is 10.0. The molecule has 0 saturated heterocycles. The first-order valence-electron chi connectivity index (χ1n) is 6.32. The Kier molecular flexibility index (Phi) is 5.03. The Labute approximate surface area is 116 Å². The maximum absolute atomic E-state index is 12.4. The largest absolute Gasteiger partial charge is 0.507 e. The van der Waals surface area contributed by atoms with E-state index < -0.39 is 12.1 Å². The van der Waals surface area contributed by atoms with E-state index >= 15 is 0 Å². The Morgan fingerprint density at radius 2 is 1.90 bits per heavy atom. The van der Waals surface area contributed by atoms with Gasteiger partial charge in [0.25, 0.3) is 0 Å². The number of amides is 1. The van der Waals surface area contributed by atoms with Crippen LogP contribution in [0.2, 0.25) is 0 Å². The van der Waals surface area contributed by atoms with E-state index in [-0.39, 0.29) is 25.3 Å². The first-order valence-corrected chi connectivity index (χ1v) is 6.32. The minimum absolute atomic E-state index is 0.00473. The van der Waals surface area contributed by atoms with Gasteiger partial charge < -0.3 is 10.0 Å². The van der Waals surface area contributed by atoms with Gasteiger partial charge in [0.05, 0.1) is 0 Å². The van der Waals surface area contributed by atoms with Crippen LogP contribution in [0.15, 0.2) is 12.1 Å². The summed E-state index contributed by atoms with van der Waals surface area (Å²) < 4.78 is 37.1. The van der Waals surface area contributed by atoms with Crippen molar-refractivity contribution in [3.63, 3.8) is 0 Å². The highest BCUT2D eigenvalue weighted by Crippen LogP contribution is 2.25. The molecule has 20 heavy (non-hydrogen) atoms. The highest BCUT2D eigenvalue weighted by molar-refractivity contribution is 5.81. The molecule has 1 amide bonds. The van der Waals surface area contributed by atoms with E-state index in [9.17, 15) is 23.1 Å². The number of carbonyl (C=O) groups excluding carboxylic acids is 1. The van der Waals surface area contributed by atoms with Crippen LogP contribution in [0.1, 0.15) is 23.6 Å². The Morgan fingerprint density at radius 1 is 1.30 bits per heavy atom. The van der Waals surface area contributed by atoms with Gasteiger partial charge in [-0.25, -0.2) is 0 Å². The van der Waals surface area contributed by atoms with Gasteiger partial charge in [0.15, 0.2) is 0 Å². The molecule has 1 aromatic rings. The number of phenolic OH excluding ortho intramolecular Hbond substituents is 1. The molecular weight excluding hydrogens is 271 g/mol. The van der Waals surface area contributed by atoms with Crippen molar-refractivity contribution >= 4 is 5.91 Å². The zero-order chi connectivity index (χ0) is 15.5. The van der Waals surface area contributed by atoms with Gasteiger partial charge in [0.2, 0.25) is 0 Å². The number of likely N-dealkylation sites (N-methyl/N-ethyl adjacent to an activating group) is 1. The topological polar surface area (TPSA) is 40.5 Å². The fraction of sp³-hybridized carbons (Fsp3) is 0.500. The fourth-order valence-corrected chi connectivity index (χ4v) is 1.99. The van der Waals surface area contributed by atoms with Crippen LogP contribution in [-0.2, 0) is 11.2 Å². The van der Waals surface area contributed by atoms with E-state index in [1.807, 2.05) is 0 Å². The van der Waals surface area contributed by atoms with Crippen LogP contribution in [0.3, 0.4) is 0 Å². The predicted molar refractivity (Wildman–Crippen MR) is 69.6 cm³/mol. The summed E-state index contributed by atoms with van der Waals surface area (Å²) in [7, 11) is 0. The first kappa shape index (κ1) is 16.3. The normalized spacial score (nSPS) is 11.5. The van der Waals surface area contributed by atoms with Crippen LogP contribution in [0.25, 0.3) is 0 Å². The predicted octanol–water partition coefficient (Wildman–Crippen LogP) is 2.96. The highest BCUT2D eigenvalue weighted by atomic mass is 19.4. The number of alkyl halides is 3. The molecule has 0 heterocycles. The highest BCUT2D eigenvalue weighted by Gasteiger charge is 2.41. The number of rotatable bonds is 4. The second kappa shape index (κ2) is 6.15. The maximum Gasteiger partial charge on any atom is 0.471 e. The van der Waals surface area contributed by atoms with Crippen LogP contribution in [-0.4, -0.2) is 35.2 Å². The van der Waals surface area contributed by atoms with Crippen molar-refractivity contribution in [3.8, 4) is 5.75 Å². The fourth-order valence-electron chi connectivity index (χ4n) is 1.99. The number of carbonyl (C=O) groups is 1. The molecule has 0 fully saturated rings. The number of benzene rings is 1. The van der Waals surface area contributed by atoms with Crippen LogP contribution in [0.4, 0.5) is 13.2 Å². The zero-order valence-electron chi connectivity index (χ0n) is 11.7. The van der Waals surface area contributed by atoms with Gasteiger partial charge >= 0.3 is 12.1 Å². The summed E-state index contributed by atoms with van der Waals surface area (Å²) in [5.41, 5.74) is 2.09. The number of phenols is 1. The molecule has 0 bridgehead atoms. The van der Waals surface area contributed by atoms with Crippen LogP contribution >= 0.6 is 0 Å². The van der Waals surface area contributed by atoms with Gasteiger partial charge in [-0.1, -0.05) is 12.1 Å². The molecule has 0 radical (unpaired) electrons. The third-order valence-electron chi connectivity index (χ3n) is 3.31. The van der Waals surface area contributed by atoms with Crippen LogP contribution in [0.5, 0.6) is 5.75 Å². The minimum Gasteiger partial charge on any atom is -0.507 e. The minimum atomic E-state index is -4.85. The summed E-state index contributed by atoms with van der Waals surface area (Å²) in [6.07, 6.45) is -4.57. The lowest BCUT2D eigenvalue weighted by Gasteiger charge is -2.22. The smallest absolute Gasteiger partial charge is 0.471 e. The Morgan fingerprint density at radius 3 is 2.40 bits per heavy atom. The summed E-state index contributed by atoms with van der Waals surface area (Å²) >= 11 is 0. The molecule has 0 aromatic heterocycles. The van der Waals surface area contributed by atoms with Gasteiger partial charge in [-0.3, -0.25) is 4.79 Å². The molecule has 0 atom stereocenters. The molecule has 3 nitrogen and oxygen atoms in total. The average Bonchev–Trinajstić information content (AvgIpc) is 2.37. The second-order valence-electron chi connectivity index (χ2n) is 4.65. The van der Waals surface area contributed by atoms with E-state index in [2.05, 4.69) is 0 Å². The number of aromatic hydroxyl groups is 1. The monoisotopic (exact) mass is 289 g/mol. The first-order chi connectivity index (χ1) is 9.18. The summed E-state index contributed by atoms with van der Waals surface area (Å²) in [4.78, 5) is 11.9. The number of hydrogen-bond acceptors (Lipinski definition) is 2. The second-order valence-corrected chi connectivity index (χ2v) is 4.65. The molecule has 6 heteroatoms. The standard InChI is InChI=1S/C14H18F3NO2/c1-4-18(13(20)14(15,16)17)8-7-11-6-5-9(2)12(19)10(11)3/h5-6,19H,4,7-8H2,1-3H3. The van der Waals surface area contributed by atoms with Crippen molar-refractivity contribution in [3.05, 3.63) is 28.8 Å². The molecule has 0 saturated carbocycles. The number of aryl methyl sites for hydroxylation is 1. The lowest BCUT2D eigenvalue weighted by Crippen LogP contribution is -2.42. The summed E-state index contributed by atoms with van der Waals surface area (Å²) in [5.74, 6) is -1.68.